The van der Waals surface area contributed by atoms with Crippen LogP contribution in [0, 0.1) is 6.92 Å². The topological polar surface area (TPSA) is 17.8 Å². The van der Waals surface area contributed by atoms with Crippen molar-refractivity contribution in [3.8, 4) is 0 Å². The van der Waals surface area contributed by atoms with Crippen molar-refractivity contribution >= 4 is 11.6 Å². The van der Waals surface area contributed by atoms with Crippen molar-refractivity contribution in [3.63, 3.8) is 0 Å². The minimum absolute atomic E-state index is 0.0417. The Balaban J connectivity index is 3.41. The van der Waals surface area contributed by atoms with E-state index < -0.39 is 22.4 Å². The number of alkyl halides is 3. The third-order valence-corrected chi connectivity index (χ3v) is 2.26. The van der Waals surface area contributed by atoms with Crippen LogP contribution in [0.2, 0.25) is 5.15 Å². The van der Waals surface area contributed by atoms with E-state index in [9.17, 15) is 13.2 Å². The molecule has 1 rings (SSSR count). The molecule has 1 heterocycles. The second kappa shape index (κ2) is 3.40. The van der Waals surface area contributed by atoms with Crippen LogP contribution in [0.25, 0.3) is 0 Å². The Morgan fingerprint density at radius 3 is 1.87 bits per heavy atom. The van der Waals surface area contributed by atoms with E-state index in [2.05, 4.69) is 5.10 Å². The van der Waals surface area contributed by atoms with Gasteiger partial charge in [-0.25, -0.2) is 0 Å². The number of rotatable bonds is 0. The molecule has 0 N–H and O–H groups in total. The van der Waals surface area contributed by atoms with Gasteiger partial charge in [-0.3, -0.25) is 4.68 Å². The fourth-order valence-corrected chi connectivity index (χ4v) is 1.76. The van der Waals surface area contributed by atoms with E-state index in [0.29, 0.717) is 0 Å². The summed E-state index contributed by atoms with van der Waals surface area (Å²) in [7, 11) is 0. The third-order valence-electron chi connectivity index (χ3n) is 1.99. The van der Waals surface area contributed by atoms with Gasteiger partial charge in [-0.1, -0.05) is 11.6 Å². The second-order valence-corrected chi connectivity index (χ2v) is 4.69. The zero-order valence-corrected chi connectivity index (χ0v) is 9.66. The molecule has 1 aromatic rings. The van der Waals surface area contributed by atoms with Crippen LogP contribution in [0.4, 0.5) is 13.2 Å². The quantitative estimate of drug-likeness (QED) is 0.677. The molecule has 0 radical (unpaired) electrons. The molecule has 0 aliphatic carbocycles. The van der Waals surface area contributed by atoms with Crippen LogP contribution < -0.4 is 0 Å². The largest absolute Gasteiger partial charge is 0.421 e. The van der Waals surface area contributed by atoms with Crippen molar-refractivity contribution in [1.82, 2.24) is 9.78 Å². The Morgan fingerprint density at radius 2 is 1.67 bits per heavy atom. The molecule has 1 aromatic heterocycles. The van der Waals surface area contributed by atoms with Gasteiger partial charge in [0.2, 0.25) is 0 Å². The first-order valence-electron chi connectivity index (χ1n) is 4.38. The molecule has 15 heavy (non-hydrogen) atoms. The fourth-order valence-electron chi connectivity index (χ4n) is 1.44. The highest BCUT2D eigenvalue weighted by molar-refractivity contribution is 6.30. The summed E-state index contributed by atoms with van der Waals surface area (Å²) in [5, 5.41) is 3.22. The summed E-state index contributed by atoms with van der Waals surface area (Å²) < 4.78 is 39.0. The summed E-state index contributed by atoms with van der Waals surface area (Å²) in [4.78, 5) is 0. The van der Waals surface area contributed by atoms with Gasteiger partial charge in [0.1, 0.15) is 5.56 Å². The van der Waals surface area contributed by atoms with Gasteiger partial charge in [0, 0.05) is 5.69 Å². The van der Waals surface area contributed by atoms with Crippen molar-refractivity contribution in [2.75, 3.05) is 0 Å². The van der Waals surface area contributed by atoms with E-state index in [4.69, 9.17) is 11.6 Å². The average molecular weight is 241 g/mol. The predicted octanol–water partition coefficient (Wildman–Crippen LogP) is 3.62. The summed E-state index contributed by atoms with van der Waals surface area (Å²) in [6, 6.07) is 0. The molecule has 0 unspecified atom stereocenters. The van der Waals surface area contributed by atoms with E-state index in [1.165, 1.54) is 11.6 Å². The average Bonchev–Trinajstić information content (AvgIpc) is 2.22. The third kappa shape index (κ3) is 2.27. The Labute approximate surface area is 91.0 Å². The van der Waals surface area contributed by atoms with Gasteiger partial charge in [0.05, 0.1) is 5.54 Å². The molecule has 86 valence electrons. The summed E-state index contributed by atoms with van der Waals surface area (Å²) >= 11 is 5.49. The monoisotopic (exact) mass is 240 g/mol. The van der Waals surface area contributed by atoms with E-state index in [1.54, 1.807) is 20.8 Å². The standard InChI is InChI=1S/C9H12ClF3N2/c1-5-6(9(11,12)13)7(10)14-15(5)8(2,3)4/h1-4H3. The Morgan fingerprint density at radius 1 is 1.20 bits per heavy atom. The van der Waals surface area contributed by atoms with Crippen molar-refractivity contribution in [2.24, 2.45) is 0 Å². The maximum Gasteiger partial charge on any atom is 0.421 e. The lowest BCUT2D eigenvalue weighted by Gasteiger charge is -2.21. The molecule has 0 fully saturated rings. The first-order chi connectivity index (χ1) is 6.55. The minimum atomic E-state index is -4.45. The van der Waals surface area contributed by atoms with Crippen LogP contribution >= 0.6 is 11.6 Å². The highest BCUT2D eigenvalue weighted by Gasteiger charge is 2.39. The molecule has 0 amide bonds. The van der Waals surface area contributed by atoms with Gasteiger partial charge < -0.3 is 0 Å². The Kier molecular flexibility index (Phi) is 2.80. The first kappa shape index (κ1) is 12.4. The van der Waals surface area contributed by atoms with E-state index in [0.717, 1.165) is 0 Å². The van der Waals surface area contributed by atoms with E-state index in [1.807, 2.05) is 0 Å². The van der Waals surface area contributed by atoms with Gasteiger partial charge in [0.25, 0.3) is 0 Å². The number of halogens is 4. The molecular formula is C9H12ClF3N2. The van der Waals surface area contributed by atoms with Crippen molar-refractivity contribution in [3.05, 3.63) is 16.4 Å². The lowest BCUT2D eigenvalue weighted by molar-refractivity contribution is -0.138. The van der Waals surface area contributed by atoms with Crippen molar-refractivity contribution in [2.45, 2.75) is 39.4 Å². The molecule has 0 bridgehead atoms. The number of nitrogens with zero attached hydrogens (tertiary/aromatic N) is 2. The molecule has 0 aromatic carbocycles. The SMILES string of the molecule is Cc1c(C(F)(F)F)c(Cl)nn1C(C)(C)C. The molecule has 6 heteroatoms. The molecule has 0 saturated heterocycles. The summed E-state index contributed by atoms with van der Waals surface area (Å²) in [6.45, 7) is 6.67. The van der Waals surface area contributed by atoms with E-state index >= 15 is 0 Å². The molecule has 0 aliphatic rings. The summed E-state index contributed by atoms with van der Waals surface area (Å²) in [6.07, 6.45) is -4.45. The Hall–Kier alpha value is -0.710. The van der Waals surface area contributed by atoms with Gasteiger partial charge >= 0.3 is 6.18 Å². The van der Waals surface area contributed by atoms with Crippen LogP contribution in [-0.2, 0) is 11.7 Å². The lowest BCUT2D eigenvalue weighted by atomic mass is 10.1. The van der Waals surface area contributed by atoms with Crippen molar-refractivity contribution in [1.29, 1.82) is 0 Å². The fraction of sp³-hybridized carbons (Fsp3) is 0.667. The summed E-state index contributed by atoms with van der Waals surface area (Å²) in [5.74, 6) is 0. The van der Waals surface area contributed by atoms with Crippen LogP contribution in [0.3, 0.4) is 0 Å². The minimum Gasteiger partial charge on any atom is -0.262 e. The zero-order valence-electron chi connectivity index (χ0n) is 8.91. The van der Waals surface area contributed by atoms with Crippen molar-refractivity contribution < 1.29 is 13.2 Å². The highest BCUT2D eigenvalue weighted by Crippen LogP contribution is 2.37. The smallest absolute Gasteiger partial charge is 0.262 e. The van der Waals surface area contributed by atoms with Crippen LogP contribution in [-0.4, -0.2) is 9.78 Å². The highest BCUT2D eigenvalue weighted by atomic mass is 35.5. The predicted molar refractivity (Wildman–Crippen MR) is 52.0 cm³/mol. The number of aromatic nitrogens is 2. The lowest BCUT2D eigenvalue weighted by Crippen LogP contribution is -2.24. The van der Waals surface area contributed by atoms with Gasteiger partial charge in [-0.15, -0.1) is 0 Å². The number of hydrogen-bond acceptors (Lipinski definition) is 1. The Bertz CT molecular complexity index is 374. The first-order valence-corrected chi connectivity index (χ1v) is 4.75. The van der Waals surface area contributed by atoms with Gasteiger partial charge in [-0.05, 0) is 27.7 Å². The molecule has 2 nitrogen and oxygen atoms in total. The molecule has 0 aliphatic heterocycles. The molecule has 0 spiro atoms. The summed E-state index contributed by atoms with van der Waals surface area (Å²) in [5.41, 5.74) is -1.32. The second-order valence-electron chi connectivity index (χ2n) is 4.33. The molecule has 0 saturated carbocycles. The number of hydrogen-bond donors (Lipinski definition) is 0. The maximum atomic E-state index is 12.6. The van der Waals surface area contributed by atoms with Gasteiger partial charge in [0.15, 0.2) is 5.15 Å². The molecule has 0 atom stereocenters. The zero-order chi connectivity index (χ0) is 12.0. The normalized spacial score (nSPS) is 13.3. The molecular weight excluding hydrogens is 229 g/mol. The van der Waals surface area contributed by atoms with E-state index in [-0.39, 0.29) is 5.69 Å². The van der Waals surface area contributed by atoms with Gasteiger partial charge in [-0.2, -0.15) is 18.3 Å². The van der Waals surface area contributed by atoms with Crippen LogP contribution in [0.15, 0.2) is 0 Å². The maximum absolute atomic E-state index is 12.6. The van der Waals surface area contributed by atoms with Crippen LogP contribution in [0.1, 0.15) is 32.0 Å². The van der Waals surface area contributed by atoms with Crippen LogP contribution in [0.5, 0.6) is 0 Å².